The lowest BCUT2D eigenvalue weighted by Crippen LogP contribution is -1.61. The average Bonchev–Trinajstić information content (AvgIpc) is 1.61. The molecule has 0 aliphatic carbocycles. The van der Waals surface area contributed by atoms with Gasteiger partial charge in [-0.3, -0.25) is 0 Å². The van der Waals surface area contributed by atoms with Crippen LogP contribution in [0.5, 0.6) is 0 Å². The second-order valence-corrected chi connectivity index (χ2v) is 0.903. The van der Waals surface area contributed by atoms with Crippen molar-refractivity contribution in [1.29, 1.82) is 0 Å². The summed E-state index contributed by atoms with van der Waals surface area (Å²) in [6.45, 7) is 4.00. The van der Waals surface area contributed by atoms with Gasteiger partial charge in [-0.15, -0.1) is 6.58 Å². The molecule has 0 aliphatic heterocycles. The number of hydrogen-bond donors (Lipinski definition) is 0. The Morgan fingerprint density at radius 1 is 2.00 bits per heavy atom. The fraction of sp³-hybridized carbons (Fsp3) is 0.250. The zero-order chi connectivity index (χ0) is 4.83. The lowest BCUT2D eigenvalue weighted by atomic mass is 10.7. The van der Waals surface area contributed by atoms with Crippen LogP contribution >= 0.6 is 12.2 Å². The molecule has 0 N–H and O–H groups in total. The molecule has 0 radical (unpaired) electrons. The molecule has 0 aromatic heterocycles. The molecule has 0 amide bonds. The molecule has 6 heavy (non-hydrogen) atoms. The van der Waals surface area contributed by atoms with Gasteiger partial charge >= 0.3 is 0 Å². The van der Waals surface area contributed by atoms with Gasteiger partial charge in [0.2, 0.25) is 0 Å². The van der Waals surface area contributed by atoms with E-state index in [0.29, 0.717) is 6.54 Å². The molecule has 0 saturated heterocycles. The number of aliphatic imine (C=N–C) groups is 1. The number of rotatable bonds is 2. The minimum Gasteiger partial charge on any atom is -0.228 e. The van der Waals surface area contributed by atoms with Crippen molar-refractivity contribution in [2.24, 2.45) is 4.99 Å². The van der Waals surface area contributed by atoms with Gasteiger partial charge in [-0.2, -0.15) is 0 Å². The molecule has 0 saturated carbocycles. The van der Waals surface area contributed by atoms with Gasteiger partial charge in [-0.05, 0) is 12.2 Å². The Kier molecular flexibility index (Phi) is 4.19. The summed E-state index contributed by atoms with van der Waals surface area (Å²) in [5, 5.41) is 2.21. The molecule has 0 aromatic carbocycles. The van der Waals surface area contributed by atoms with Crippen LogP contribution in [-0.4, -0.2) is 11.7 Å². The molecule has 0 atom stereocenters. The van der Waals surface area contributed by atoms with Crippen LogP contribution in [0.3, 0.4) is 0 Å². The van der Waals surface area contributed by atoms with E-state index in [1.54, 1.807) is 6.08 Å². The highest BCUT2D eigenvalue weighted by Crippen LogP contribution is 1.62. The molecule has 0 aromatic rings. The SMILES string of the molecule is C=CCN=[13C]=S. The van der Waals surface area contributed by atoms with Crippen LogP contribution in [0.15, 0.2) is 17.6 Å². The summed E-state index contributed by atoms with van der Waals surface area (Å²) in [5.41, 5.74) is 0. The number of isothiocyanates is 1. The second kappa shape index (κ2) is 4.54. The van der Waals surface area contributed by atoms with Crippen molar-refractivity contribution < 1.29 is 0 Å². The zero-order valence-corrected chi connectivity index (χ0v) is 4.16. The maximum atomic E-state index is 4.25. The summed E-state index contributed by atoms with van der Waals surface area (Å²) in [7, 11) is 0. The zero-order valence-electron chi connectivity index (χ0n) is 3.35. The van der Waals surface area contributed by atoms with Gasteiger partial charge < -0.3 is 0 Å². The quantitative estimate of drug-likeness (QED) is 0.220. The highest BCUT2D eigenvalue weighted by Gasteiger charge is 1.56. The third-order valence-corrected chi connectivity index (χ3v) is 0.414. The number of hydrogen-bond acceptors (Lipinski definition) is 2. The van der Waals surface area contributed by atoms with E-state index in [0.717, 1.165) is 0 Å². The predicted octanol–water partition coefficient (Wildman–Crippen LogP) is 1.28. The Balaban J connectivity index is 3.07. The fourth-order valence-corrected chi connectivity index (χ4v) is 0.176. The highest BCUT2D eigenvalue weighted by molar-refractivity contribution is 7.78. The Labute approximate surface area is 42.4 Å². The Hall–Kier alpha value is -0.460. The van der Waals surface area contributed by atoms with E-state index in [-0.39, 0.29) is 0 Å². The first-order valence-corrected chi connectivity index (χ1v) is 1.97. The first kappa shape index (κ1) is 5.54. The molecule has 0 rings (SSSR count). The van der Waals surface area contributed by atoms with E-state index in [2.05, 4.69) is 29.0 Å². The summed E-state index contributed by atoms with van der Waals surface area (Å²) in [4.78, 5) is 3.54. The first-order chi connectivity index (χ1) is 2.91. The summed E-state index contributed by atoms with van der Waals surface area (Å²) in [6, 6.07) is 0. The van der Waals surface area contributed by atoms with E-state index in [1.807, 2.05) is 0 Å². The fourth-order valence-electron chi connectivity index (χ4n) is 0.102. The third kappa shape index (κ3) is 3.54. The molecule has 0 aliphatic rings. The van der Waals surface area contributed by atoms with Crippen molar-refractivity contribution in [3.05, 3.63) is 12.7 Å². The Morgan fingerprint density at radius 3 is 2.83 bits per heavy atom. The smallest absolute Gasteiger partial charge is 0.0671 e. The van der Waals surface area contributed by atoms with Crippen LogP contribution in [0.25, 0.3) is 0 Å². The van der Waals surface area contributed by atoms with Crippen LogP contribution in [0.2, 0.25) is 0 Å². The van der Waals surface area contributed by atoms with Crippen LogP contribution in [0, 0.1) is 0 Å². The molecule has 2 heteroatoms. The van der Waals surface area contributed by atoms with Crippen molar-refractivity contribution in [2.75, 3.05) is 6.54 Å². The maximum Gasteiger partial charge on any atom is 0.0671 e. The number of thiocarbonyl (C=S) groups is 1. The molecule has 32 valence electrons. The molecule has 0 spiro atoms. The van der Waals surface area contributed by atoms with Crippen LogP contribution < -0.4 is 0 Å². The molecule has 0 unspecified atom stereocenters. The Bertz CT molecular complexity index is 81.5. The van der Waals surface area contributed by atoms with Gasteiger partial charge in [-0.25, -0.2) is 4.99 Å². The summed E-state index contributed by atoms with van der Waals surface area (Å²) in [6.07, 6.45) is 1.67. The number of nitrogens with zero attached hydrogens (tertiary/aromatic N) is 1. The van der Waals surface area contributed by atoms with Crippen molar-refractivity contribution in [1.82, 2.24) is 0 Å². The van der Waals surface area contributed by atoms with Crippen LogP contribution in [-0.2, 0) is 0 Å². The third-order valence-electron chi connectivity index (χ3n) is 0.285. The molecule has 0 fully saturated rings. The summed E-state index contributed by atoms with van der Waals surface area (Å²) >= 11 is 4.25. The van der Waals surface area contributed by atoms with Gasteiger partial charge in [0.25, 0.3) is 0 Å². The average molecular weight is 100 g/mol. The first-order valence-electron chi connectivity index (χ1n) is 1.56. The monoisotopic (exact) mass is 100 g/mol. The standard InChI is InChI=1S/C4H5NS/c1-2-3-5-4-6/h2H,1,3H2/i4+1. The predicted molar refractivity (Wildman–Crippen MR) is 30.1 cm³/mol. The highest BCUT2D eigenvalue weighted by atomic mass is 32.1. The van der Waals surface area contributed by atoms with Gasteiger partial charge in [0.1, 0.15) is 0 Å². The maximum absolute atomic E-state index is 4.25. The normalized spacial score (nSPS) is 6.00. The minimum absolute atomic E-state index is 0.587. The molecular weight excluding hydrogens is 95.1 g/mol. The second-order valence-electron chi connectivity index (χ2n) is 0.721. The van der Waals surface area contributed by atoms with Crippen molar-refractivity contribution in [3.8, 4) is 0 Å². The van der Waals surface area contributed by atoms with Crippen molar-refractivity contribution in [3.63, 3.8) is 0 Å². The molecule has 0 bridgehead atoms. The Morgan fingerprint density at radius 2 is 2.67 bits per heavy atom. The van der Waals surface area contributed by atoms with E-state index < -0.39 is 0 Å². The molecule has 1 nitrogen and oxygen atoms in total. The van der Waals surface area contributed by atoms with Crippen LogP contribution in [0.1, 0.15) is 0 Å². The minimum atomic E-state index is 0.587. The van der Waals surface area contributed by atoms with E-state index in [1.165, 1.54) is 0 Å². The lowest BCUT2D eigenvalue weighted by molar-refractivity contribution is 1.27. The van der Waals surface area contributed by atoms with Gasteiger partial charge in [-0.1, -0.05) is 6.08 Å². The summed E-state index contributed by atoms with van der Waals surface area (Å²) < 4.78 is 0. The van der Waals surface area contributed by atoms with Crippen LogP contribution in [0.4, 0.5) is 0 Å². The van der Waals surface area contributed by atoms with Gasteiger partial charge in [0, 0.05) is 0 Å². The van der Waals surface area contributed by atoms with Crippen molar-refractivity contribution >= 4 is 17.4 Å². The molecular formula is C4H5NS. The summed E-state index contributed by atoms with van der Waals surface area (Å²) in [5.74, 6) is 0. The van der Waals surface area contributed by atoms with E-state index in [4.69, 9.17) is 0 Å². The van der Waals surface area contributed by atoms with Crippen molar-refractivity contribution in [2.45, 2.75) is 0 Å². The topological polar surface area (TPSA) is 12.4 Å². The van der Waals surface area contributed by atoms with Gasteiger partial charge in [0.05, 0.1) is 11.7 Å². The van der Waals surface area contributed by atoms with E-state index in [9.17, 15) is 0 Å². The molecule has 0 heterocycles. The lowest BCUT2D eigenvalue weighted by Gasteiger charge is -1.65. The largest absolute Gasteiger partial charge is 0.228 e. The van der Waals surface area contributed by atoms with Gasteiger partial charge in [0.15, 0.2) is 0 Å². The van der Waals surface area contributed by atoms with E-state index >= 15 is 0 Å².